The highest BCUT2D eigenvalue weighted by Crippen LogP contribution is 2.38. The monoisotopic (exact) mass is 462 g/mol. The predicted octanol–water partition coefficient (Wildman–Crippen LogP) is 4.75. The minimum atomic E-state index is -0.440. The molecule has 0 bridgehead atoms. The lowest BCUT2D eigenvalue weighted by Gasteiger charge is -2.39. The van der Waals surface area contributed by atoms with Crippen molar-refractivity contribution in [3.05, 3.63) is 53.1 Å². The predicted molar refractivity (Wildman–Crippen MR) is 129 cm³/mol. The molecule has 2 fully saturated rings. The molecule has 2 atom stereocenters. The molecule has 1 saturated carbocycles. The van der Waals surface area contributed by atoms with Gasteiger partial charge in [0, 0.05) is 12.1 Å². The van der Waals surface area contributed by atoms with Crippen molar-refractivity contribution in [2.24, 2.45) is 23.7 Å². The van der Waals surface area contributed by atoms with Crippen LogP contribution in [0.1, 0.15) is 74.4 Å². The van der Waals surface area contributed by atoms with Crippen LogP contribution in [0, 0.1) is 23.7 Å². The van der Waals surface area contributed by atoms with Gasteiger partial charge in [0.1, 0.15) is 6.61 Å². The minimum Gasteiger partial charge on any atom is -0.282 e. The van der Waals surface area contributed by atoms with Gasteiger partial charge in [0.2, 0.25) is 11.8 Å². The second kappa shape index (κ2) is 9.14. The second-order valence-corrected chi connectivity index (χ2v) is 10.4. The fourth-order valence-electron chi connectivity index (χ4n) is 5.94. The molecule has 2 aliphatic carbocycles. The summed E-state index contributed by atoms with van der Waals surface area (Å²) in [5, 5.41) is 1.62. The van der Waals surface area contributed by atoms with Crippen molar-refractivity contribution in [3.63, 3.8) is 0 Å². The Morgan fingerprint density at radius 2 is 1.76 bits per heavy atom. The number of fused-ring (bicyclic) bond motifs is 2. The number of hydrogen-bond donors (Lipinski definition) is 0. The molecule has 180 valence electrons. The highest BCUT2D eigenvalue weighted by molar-refractivity contribution is 6.08. The Balaban J connectivity index is 1.32. The molecular formula is C28H34N2O4. The number of carbonyl (C=O) groups is 3. The van der Waals surface area contributed by atoms with Crippen molar-refractivity contribution in [2.75, 3.05) is 6.54 Å². The molecule has 0 aromatic heterocycles. The van der Waals surface area contributed by atoms with Crippen LogP contribution in [-0.4, -0.2) is 40.3 Å². The third-order valence-electron chi connectivity index (χ3n) is 8.02. The Hall–Kier alpha value is -2.73. The normalized spacial score (nSPS) is 28.9. The van der Waals surface area contributed by atoms with Gasteiger partial charge in [0.15, 0.2) is 0 Å². The van der Waals surface area contributed by atoms with Gasteiger partial charge in [-0.05, 0) is 72.8 Å². The van der Waals surface area contributed by atoms with E-state index in [0.29, 0.717) is 24.6 Å². The van der Waals surface area contributed by atoms with Gasteiger partial charge in [-0.25, -0.2) is 5.06 Å². The molecule has 1 aromatic rings. The van der Waals surface area contributed by atoms with Crippen LogP contribution in [0.2, 0.25) is 0 Å². The summed E-state index contributed by atoms with van der Waals surface area (Å²) in [5.41, 5.74) is 3.41. The molecule has 2 heterocycles. The first-order chi connectivity index (χ1) is 16.4. The Morgan fingerprint density at radius 3 is 2.47 bits per heavy atom. The first-order valence-electron chi connectivity index (χ1n) is 12.7. The van der Waals surface area contributed by atoms with Gasteiger partial charge in [0.25, 0.3) is 5.91 Å². The van der Waals surface area contributed by atoms with Crippen LogP contribution in [0.3, 0.4) is 0 Å². The molecule has 0 N–H and O–H groups in total. The largest absolute Gasteiger partial charge is 0.282 e. The van der Waals surface area contributed by atoms with Gasteiger partial charge in [-0.2, -0.15) is 0 Å². The molecule has 3 amide bonds. The van der Waals surface area contributed by atoms with Crippen LogP contribution in [0.15, 0.2) is 36.4 Å². The molecule has 0 radical (unpaired) electrons. The van der Waals surface area contributed by atoms with Crippen LogP contribution in [-0.2, 0) is 21.0 Å². The van der Waals surface area contributed by atoms with Crippen molar-refractivity contribution < 1.29 is 19.2 Å². The summed E-state index contributed by atoms with van der Waals surface area (Å²) in [6.07, 6.45) is 10.7. The van der Waals surface area contributed by atoms with Gasteiger partial charge < -0.3 is 0 Å². The van der Waals surface area contributed by atoms with E-state index in [1.807, 2.05) is 43.4 Å². The zero-order chi connectivity index (χ0) is 24.0. The van der Waals surface area contributed by atoms with Crippen LogP contribution in [0.4, 0.5) is 0 Å². The van der Waals surface area contributed by atoms with E-state index in [1.54, 1.807) is 5.06 Å². The first kappa shape index (κ1) is 23.0. The molecular weight excluding hydrogens is 428 g/mol. The average molecular weight is 463 g/mol. The molecule has 1 aromatic carbocycles. The highest BCUT2D eigenvalue weighted by atomic mass is 16.7. The number of hydroxylamine groups is 2. The number of carbonyl (C=O) groups excluding carboxylic acids is 3. The van der Waals surface area contributed by atoms with Crippen molar-refractivity contribution in [1.29, 1.82) is 0 Å². The summed E-state index contributed by atoms with van der Waals surface area (Å²) in [4.78, 5) is 46.0. The number of imide groups is 1. The van der Waals surface area contributed by atoms with E-state index >= 15 is 0 Å². The summed E-state index contributed by atoms with van der Waals surface area (Å²) in [6, 6.07) is 5.96. The van der Waals surface area contributed by atoms with Gasteiger partial charge >= 0.3 is 0 Å². The zero-order valence-electron chi connectivity index (χ0n) is 20.3. The fourth-order valence-corrected chi connectivity index (χ4v) is 5.94. The number of amides is 3. The summed E-state index contributed by atoms with van der Waals surface area (Å²) in [7, 11) is 0. The lowest BCUT2D eigenvalue weighted by molar-refractivity contribution is -0.172. The highest BCUT2D eigenvalue weighted by Gasteiger charge is 2.46. The summed E-state index contributed by atoms with van der Waals surface area (Å²) in [5.74, 6) is 0.311. The lowest BCUT2D eigenvalue weighted by Crippen LogP contribution is -2.45. The first-order valence-corrected chi connectivity index (χ1v) is 12.7. The molecule has 0 spiro atoms. The van der Waals surface area contributed by atoms with E-state index in [9.17, 15) is 14.4 Å². The third kappa shape index (κ3) is 3.92. The summed E-state index contributed by atoms with van der Waals surface area (Å²) < 4.78 is 0. The van der Waals surface area contributed by atoms with E-state index in [-0.39, 0.29) is 23.8 Å². The summed E-state index contributed by atoms with van der Waals surface area (Å²) in [6.45, 7) is 7.35. The van der Waals surface area contributed by atoms with E-state index in [4.69, 9.17) is 4.84 Å². The van der Waals surface area contributed by atoms with Gasteiger partial charge in [-0.3, -0.25) is 24.1 Å². The van der Waals surface area contributed by atoms with Crippen LogP contribution in [0.5, 0.6) is 0 Å². The van der Waals surface area contributed by atoms with Crippen LogP contribution < -0.4 is 0 Å². The molecule has 6 heteroatoms. The van der Waals surface area contributed by atoms with Crippen molar-refractivity contribution in [1.82, 2.24) is 9.96 Å². The molecule has 2 aliphatic heterocycles. The van der Waals surface area contributed by atoms with Crippen molar-refractivity contribution in [2.45, 2.75) is 65.5 Å². The Morgan fingerprint density at radius 1 is 1.03 bits per heavy atom. The Labute approximate surface area is 201 Å². The maximum absolute atomic E-state index is 13.2. The van der Waals surface area contributed by atoms with E-state index in [1.165, 1.54) is 4.90 Å². The Bertz CT molecular complexity index is 1060. The maximum atomic E-state index is 13.2. The molecule has 34 heavy (non-hydrogen) atoms. The third-order valence-corrected chi connectivity index (χ3v) is 8.02. The van der Waals surface area contributed by atoms with Crippen LogP contribution in [0.25, 0.3) is 5.57 Å². The van der Waals surface area contributed by atoms with E-state index in [2.05, 4.69) is 13.8 Å². The fraction of sp³-hybridized carbons (Fsp3) is 0.536. The number of benzene rings is 1. The molecule has 5 rings (SSSR count). The van der Waals surface area contributed by atoms with Crippen molar-refractivity contribution >= 4 is 23.3 Å². The standard InChI is InChI=1S/C28H34N2O4/c1-4-13-29-26(31)24-12-8-20(15-25(24)27(29)32)19-7-11-23-21(14-19)16-34-30(28(23)33)22-9-5-18(6-10-22)17(2)3/h7-8,11-12,14-15,17-18,22,24-25H,4-6,9-10,13,16H2,1-3H3. The summed E-state index contributed by atoms with van der Waals surface area (Å²) >= 11 is 0. The molecule has 6 nitrogen and oxygen atoms in total. The zero-order valence-corrected chi connectivity index (χ0v) is 20.3. The lowest BCUT2D eigenvalue weighted by atomic mass is 9.79. The number of nitrogens with zero attached hydrogens (tertiary/aromatic N) is 2. The van der Waals surface area contributed by atoms with E-state index in [0.717, 1.165) is 54.7 Å². The molecule has 2 unspecified atom stereocenters. The molecule has 4 aliphatic rings. The average Bonchev–Trinajstić information content (AvgIpc) is 3.09. The van der Waals surface area contributed by atoms with Crippen LogP contribution >= 0.6 is 0 Å². The van der Waals surface area contributed by atoms with Gasteiger partial charge in [-0.15, -0.1) is 0 Å². The topological polar surface area (TPSA) is 66.9 Å². The van der Waals surface area contributed by atoms with Crippen molar-refractivity contribution in [3.8, 4) is 0 Å². The minimum absolute atomic E-state index is 0.0548. The smallest absolute Gasteiger partial charge is 0.278 e. The molecule has 1 saturated heterocycles. The number of rotatable bonds is 5. The van der Waals surface area contributed by atoms with E-state index < -0.39 is 11.8 Å². The number of likely N-dealkylation sites (tertiary alicyclic amines) is 1. The number of allylic oxidation sites excluding steroid dienone is 2. The second-order valence-electron chi connectivity index (χ2n) is 10.4. The quantitative estimate of drug-likeness (QED) is 0.592. The maximum Gasteiger partial charge on any atom is 0.278 e. The number of hydrogen-bond acceptors (Lipinski definition) is 4. The van der Waals surface area contributed by atoms with Gasteiger partial charge in [0.05, 0.1) is 17.9 Å². The SMILES string of the molecule is CCCN1C(=O)C2C=CC(c3ccc4c(c3)CON(C3CCC(C(C)C)CC3)C4=O)=CC2C1=O. The Kier molecular flexibility index (Phi) is 6.19. The van der Waals surface area contributed by atoms with Gasteiger partial charge in [-0.1, -0.05) is 45.1 Å².